The molecule has 3 aliphatic heterocycles. The molecule has 0 unspecified atom stereocenters. The molecule has 3 aromatic rings. The first-order valence-electron chi connectivity index (χ1n) is 13.5. The van der Waals surface area contributed by atoms with Gasteiger partial charge in [-0.05, 0) is 35.9 Å². The van der Waals surface area contributed by atoms with Gasteiger partial charge in [0, 0.05) is 17.9 Å². The number of hydroxylamine groups is 2. The van der Waals surface area contributed by atoms with Crippen LogP contribution < -0.4 is 10.2 Å². The molecule has 1 fully saturated rings. The summed E-state index contributed by atoms with van der Waals surface area (Å²) in [7, 11) is 0. The molecule has 0 spiro atoms. The molecule has 0 bridgehead atoms. The molecule has 3 aliphatic rings. The summed E-state index contributed by atoms with van der Waals surface area (Å²) in [6.45, 7) is -0.263. The number of aliphatic carboxylic acids is 1. The number of aromatic hydroxyl groups is 1. The van der Waals surface area contributed by atoms with Crippen LogP contribution in [0.5, 0.6) is 11.5 Å². The van der Waals surface area contributed by atoms with Crippen LogP contribution in [-0.2, 0) is 23.9 Å². The van der Waals surface area contributed by atoms with Crippen LogP contribution in [0.2, 0.25) is 0 Å². The molecule has 0 saturated carbocycles. The minimum atomic E-state index is -1.60. The third-order valence-corrected chi connectivity index (χ3v) is 7.19. The Morgan fingerprint density at radius 2 is 1.89 bits per heavy atom. The lowest BCUT2D eigenvalue weighted by Crippen LogP contribution is -2.62. The molecule has 0 aliphatic carbocycles. The largest absolute Gasteiger partial charge is 0.508 e. The molecule has 5 atom stereocenters. The van der Waals surface area contributed by atoms with Crippen LogP contribution in [0, 0.1) is 0 Å². The number of hydrogen-bond donors (Lipinski definition) is 4. The van der Waals surface area contributed by atoms with Crippen LogP contribution in [0.4, 0.5) is 0 Å². The quantitative estimate of drug-likeness (QED) is 0.202. The van der Waals surface area contributed by atoms with Gasteiger partial charge in [-0.3, -0.25) is 29.3 Å². The first kappa shape index (κ1) is 29.1. The second-order valence-electron chi connectivity index (χ2n) is 10.2. The van der Waals surface area contributed by atoms with Crippen molar-refractivity contribution in [1.82, 2.24) is 5.06 Å². The van der Waals surface area contributed by atoms with Crippen molar-refractivity contribution in [2.45, 2.75) is 37.1 Å². The van der Waals surface area contributed by atoms with Crippen LogP contribution in [0.1, 0.15) is 6.42 Å². The van der Waals surface area contributed by atoms with E-state index >= 15 is 0 Å². The number of phenols is 1. The number of aliphatic hydroxyl groups is 2. The molecule has 1 aromatic heterocycles. The fraction of sp³-hybridized carbons (Fsp3) is 0.267. The number of allylic oxidation sites excluding steroid dienone is 1. The van der Waals surface area contributed by atoms with E-state index in [0.717, 1.165) is 5.57 Å². The summed E-state index contributed by atoms with van der Waals surface area (Å²) < 4.78 is 22.6. The number of carbonyl (C=O) groups is 2. The Kier molecular flexibility index (Phi) is 7.88. The molecule has 228 valence electrons. The first-order chi connectivity index (χ1) is 21.2. The van der Waals surface area contributed by atoms with Gasteiger partial charge in [0.2, 0.25) is 6.29 Å². The number of carboxylic acids is 1. The lowest BCUT2D eigenvalue weighted by atomic mass is 9.99. The average Bonchev–Trinajstić information content (AvgIpc) is 3.59. The number of rotatable bonds is 9. The van der Waals surface area contributed by atoms with Gasteiger partial charge >= 0.3 is 11.9 Å². The van der Waals surface area contributed by atoms with Crippen molar-refractivity contribution in [3.8, 4) is 22.6 Å². The third kappa shape index (κ3) is 5.91. The lowest BCUT2D eigenvalue weighted by Gasteiger charge is -2.42. The minimum Gasteiger partial charge on any atom is -0.508 e. The number of aliphatic imine (C=N–C) groups is 1. The van der Waals surface area contributed by atoms with Crippen molar-refractivity contribution in [3.63, 3.8) is 0 Å². The smallest absolute Gasteiger partial charge is 0.317 e. The highest BCUT2D eigenvalue weighted by atomic mass is 16.8. The van der Waals surface area contributed by atoms with Crippen LogP contribution in [0.25, 0.3) is 22.1 Å². The molecule has 14 heteroatoms. The molecule has 6 rings (SSSR count). The Balaban J connectivity index is 1.25. The van der Waals surface area contributed by atoms with Crippen molar-refractivity contribution in [2.75, 3.05) is 13.2 Å². The number of carbonyl (C=O) groups excluding carboxylic acids is 1. The number of benzene rings is 2. The van der Waals surface area contributed by atoms with Gasteiger partial charge < -0.3 is 39.1 Å². The standard InChI is InChI=1S/C30H26N2O12/c33-17-3-1-15(2-4-17)20-13-40-22-9-18(5-6-19(22)26(20)37)42-30-29(44-32-11-16-7-8-31-21(16)12-32)28(39)27(38)23(43-30)14-41-25(36)10-24(34)35/h1-9,12-13,23,27-30,33,38-39H,10-11,14H2,(H,34,35)/t23-,27-,28+,29-,30-/m0/s1. The number of aliphatic hydroxyl groups excluding tert-OH is 2. The zero-order valence-corrected chi connectivity index (χ0v) is 22.8. The summed E-state index contributed by atoms with van der Waals surface area (Å²) in [5, 5.41) is 41.9. The SMILES string of the molecule is O=C(O)CC(=O)OC[C@@H]1O[C@H](Oc2ccc3c(=O)c(-c4ccc(O)cc4)coc3c2)[C@@H](ON2C=C3N=CC=C3C2)[C@H](O)[C@H]1O. The van der Waals surface area contributed by atoms with Gasteiger partial charge in [0.25, 0.3) is 0 Å². The highest BCUT2D eigenvalue weighted by Crippen LogP contribution is 2.32. The predicted octanol–water partition coefficient (Wildman–Crippen LogP) is 1.48. The number of phenolic OH excluding ortho intramolecular Hbond substituents is 1. The maximum Gasteiger partial charge on any atom is 0.317 e. The van der Waals surface area contributed by atoms with E-state index in [1.807, 2.05) is 6.08 Å². The second-order valence-corrected chi connectivity index (χ2v) is 10.2. The van der Waals surface area contributed by atoms with Crippen LogP contribution in [0.15, 0.2) is 86.5 Å². The first-order valence-corrected chi connectivity index (χ1v) is 13.5. The zero-order chi connectivity index (χ0) is 31.0. The normalized spacial score (nSPS) is 24.1. The molecule has 44 heavy (non-hydrogen) atoms. The number of carboxylic acid groups (broad SMARTS) is 1. The molecule has 0 amide bonds. The van der Waals surface area contributed by atoms with Gasteiger partial charge in [-0.25, -0.2) is 0 Å². The zero-order valence-electron chi connectivity index (χ0n) is 22.8. The van der Waals surface area contributed by atoms with Crippen LogP contribution in [0.3, 0.4) is 0 Å². The van der Waals surface area contributed by atoms with Crippen molar-refractivity contribution < 1.29 is 53.5 Å². The van der Waals surface area contributed by atoms with Crippen molar-refractivity contribution in [2.24, 2.45) is 4.99 Å². The molecule has 0 radical (unpaired) electrons. The lowest BCUT2D eigenvalue weighted by molar-refractivity contribution is -0.326. The Hall–Kier alpha value is -5.02. The van der Waals surface area contributed by atoms with Crippen molar-refractivity contribution in [1.29, 1.82) is 0 Å². The van der Waals surface area contributed by atoms with E-state index in [-0.39, 0.29) is 33.5 Å². The number of hydrogen-bond acceptors (Lipinski definition) is 13. The third-order valence-electron chi connectivity index (χ3n) is 7.19. The minimum absolute atomic E-state index is 0.0565. The van der Waals surface area contributed by atoms with Crippen LogP contribution >= 0.6 is 0 Å². The fourth-order valence-electron chi connectivity index (χ4n) is 4.96. The van der Waals surface area contributed by atoms with Crippen molar-refractivity contribution >= 4 is 29.1 Å². The number of esters is 1. The van der Waals surface area contributed by atoms with E-state index in [4.69, 9.17) is 28.6 Å². The highest BCUT2D eigenvalue weighted by Gasteiger charge is 2.48. The molecular formula is C30H26N2O12. The summed E-state index contributed by atoms with van der Waals surface area (Å²) >= 11 is 0. The Morgan fingerprint density at radius 1 is 1.09 bits per heavy atom. The Bertz CT molecular complexity index is 1740. The van der Waals surface area contributed by atoms with E-state index in [9.17, 15) is 29.7 Å². The van der Waals surface area contributed by atoms with E-state index in [2.05, 4.69) is 4.99 Å². The van der Waals surface area contributed by atoms with E-state index in [1.165, 1.54) is 41.7 Å². The highest BCUT2D eigenvalue weighted by molar-refractivity contribution is 5.90. The van der Waals surface area contributed by atoms with Crippen LogP contribution in [-0.4, -0.2) is 87.5 Å². The summed E-state index contributed by atoms with van der Waals surface area (Å²) in [6, 6.07) is 10.5. The van der Waals surface area contributed by atoms with E-state index in [0.29, 0.717) is 17.8 Å². The number of nitrogens with zero attached hydrogens (tertiary/aromatic N) is 2. The van der Waals surface area contributed by atoms with Gasteiger partial charge in [-0.2, -0.15) is 0 Å². The number of ether oxygens (including phenoxy) is 3. The van der Waals surface area contributed by atoms with Gasteiger partial charge in [0.15, 0.2) is 11.5 Å². The average molecular weight is 607 g/mol. The molecule has 4 heterocycles. The molecule has 14 nitrogen and oxygen atoms in total. The Labute approximate surface area is 248 Å². The van der Waals surface area contributed by atoms with E-state index in [1.54, 1.807) is 24.5 Å². The molecular weight excluding hydrogens is 580 g/mol. The maximum absolute atomic E-state index is 13.2. The monoisotopic (exact) mass is 606 g/mol. The van der Waals surface area contributed by atoms with Gasteiger partial charge in [0.1, 0.15) is 54.7 Å². The van der Waals surface area contributed by atoms with Gasteiger partial charge in [0.05, 0.1) is 29.4 Å². The topological polar surface area (TPSA) is 198 Å². The summed E-state index contributed by atoms with van der Waals surface area (Å²) in [4.78, 5) is 46.0. The van der Waals surface area contributed by atoms with E-state index < -0.39 is 55.7 Å². The molecule has 1 saturated heterocycles. The summed E-state index contributed by atoms with van der Waals surface area (Å²) in [6.07, 6.45) is -1.71. The molecule has 4 N–H and O–H groups in total. The summed E-state index contributed by atoms with van der Waals surface area (Å²) in [5.74, 6) is -2.23. The molecule has 2 aromatic carbocycles. The fourth-order valence-corrected chi connectivity index (χ4v) is 4.96. The maximum atomic E-state index is 13.2. The van der Waals surface area contributed by atoms with Gasteiger partial charge in [-0.1, -0.05) is 12.1 Å². The second kappa shape index (κ2) is 11.9. The number of fused-ring (bicyclic) bond motifs is 2. The van der Waals surface area contributed by atoms with Gasteiger partial charge in [-0.15, -0.1) is 0 Å². The predicted molar refractivity (Wildman–Crippen MR) is 150 cm³/mol. The van der Waals surface area contributed by atoms with Crippen molar-refractivity contribution in [3.05, 3.63) is 82.5 Å². The summed E-state index contributed by atoms with van der Waals surface area (Å²) in [5.41, 5.74) is 2.27. The Morgan fingerprint density at radius 3 is 2.64 bits per heavy atom.